The molecule has 1 N–H and O–H groups in total. The van der Waals surface area contributed by atoms with Gasteiger partial charge in [-0.2, -0.15) is 5.10 Å². The summed E-state index contributed by atoms with van der Waals surface area (Å²) in [5.74, 6) is 1.11. The molecular formula is C23H29N5O4S. The van der Waals surface area contributed by atoms with Crippen molar-refractivity contribution in [3.8, 4) is 0 Å². The first-order valence-corrected chi connectivity index (χ1v) is 13.2. The molecule has 3 aromatic rings. The lowest BCUT2D eigenvalue weighted by molar-refractivity contribution is 0.198. The molecule has 10 heteroatoms. The van der Waals surface area contributed by atoms with Crippen molar-refractivity contribution in [2.24, 2.45) is 0 Å². The van der Waals surface area contributed by atoms with E-state index >= 15 is 0 Å². The highest BCUT2D eigenvalue weighted by atomic mass is 32.2. The summed E-state index contributed by atoms with van der Waals surface area (Å²) in [6.45, 7) is 6.62. The maximum atomic E-state index is 12.3. The van der Waals surface area contributed by atoms with Gasteiger partial charge in [0.1, 0.15) is 5.82 Å². The fourth-order valence-electron chi connectivity index (χ4n) is 5.35. The second-order valence-corrected chi connectivity index (χ2v) is 11.7. The van der Waals surface area contributed by atoms with Crippen molar-refractivity contribution in [2.75, 3.05) is 16.4 Å². The van der Waals surface area contributed by atoms with Crippen LogP contribution in [0.3, 0.4) is 0 Å². The number of carbonyl (C=O) groups is 1. The van der Waals surface area contributed by atoms with Crippen LogP contribution in [-0.2, 0) is 22.8 Å². The minimum atomic E-state index is -3.08. The maximum absolute atomic E-state index is 12.3. The zero-order chi connectivity index (χ0) is 23.5. The second kappa shape index (κ2) is 7.86. The Morgan fingerprint density at radius 3 is 2.73 bits per heavy atom. The predicted octanol–water partition coefficient (Wildman–Crippen LogP) is 3.52. The molecule has 0 spiro atoms. The predicted molar refractivity (Wildman–Crippen MR) is 126 cm³/mol. The monoisotopic (exact) mass is 471 g/mol. The summed E-state index contributed by atoms with van der Waals surface area (Å²) in [6.07, 6.45) is 4.86. The van der Waals surface area contributed by atoms with Crippen LogP contribution in [0, 0.1) is 6.92 Å². The topological polar surface area (TPSA) is 110 Å². The fraction of sp³-hybridized carbons (Fsp3) is 0.522. The number of benzene rings is 1. The van der Waals surface area contributed by atoms with E-state index in [1.807, 2.05) is 43.1 Å². The molecular weight excluding hydrogens is 442 g/mol. The normalized spacial score (nSPS) is 23.1. The maximum Gasteiger partial charge on any atom is 0.412 e. The van der Waals surface area contributed by atoms with E-state index in [0.29, 0.717) is 18.7 Å². The summed E-state index contributed by atoms with van der Waals surface area (Å²) in [4.78, 5) is 18.4. The zero-order valence-electron chi connectivity index (χ0n) is 19.1. The molecule has 4 heterocycles. The average Bonchev–Trinajstić information content (AvgIpc) is 3.43. The van der Waals surface area contributed by atoms with Crippen molar-refractivity contribution in [2.45, 2.75) is 64.6 Å². The SMILES string of the molecule is Cc1cnn(CC(C)c2nc3c4c(ccc3n2[C@H]2CCS(=O)(=O)C2)N(C(=O)O)[C@@H](C)CC4)c1. The van der Waals surface area contributed by atoms with Gasteiger partial charge in [0.2, 0.25) is 0 Å². The zero-order valence-corrected chi connectivity index (χ0v) is 19.9. The van der Waals surface area contributed by atoms with Crippen LogP contribution in [0.15, 0.2) is 24.5 Å². The summed E-state index contributed by atoms with van der Waals surface area (Å²) >= 11 is 0. The first-order chi connectivity index (χ1) is 15.6. The summed E-state index contributed by atoms with van der Waals surface area (Å²) in [6, 6.07) is 3.49. The number of sulfone groups is 1. The lowest BCUT2D eigenvalue weighted by atomic mass is 9.95. The number of anilines is 1. The summed E-state index contributed by atoms with van der Waals surface area (Å²) in [7, 11) is -3.08. The van der Waals surface area contributed by atoms with Gasteiger partial charge in [-0.15, -0.1) is 0 Å². The van der Waals surface area contributed by atoms with E-state index in [2.05, 4.69) is 16.6 Å². The molecule has 9 nitrogen and oxygen atoms in total. The third-order valence-corrected chi connectivity index (χ3v) is 8.68. The molecule has 1 unspecified atom stereocenters. The number of carboxylic acid groups (broad SMARTS) is 1. The van der Waals surface area contributed by atoms with Crippen LogP contribution in [0.4, 0.5) is 10.5 Å². The molecule has 0 aliphatic carbocycles. The molecule has 176 valence electrons. The number of amides is 1. The Morgan fingerprint density at radius 1 is 1.30 bits per heavy atom. The number of hydrogen-bond donors (Lipinski definition) is 1. The van der Waals surface area contributed by atoms with Crippen LogP contribution in [0.5, 0.6) is 0 Å². The number of aromatic nitrogens is 4. The van der Waals surface area contributed by atoms with Gasteiger partial charge in [0.05, 0.1) is 47.0 Å². The van der Waals surface area contributed by atoms with Gasteiger partial charge in [0.25, 0.3) is 0 Å². The van der Waals surface area contributed by atoms with E-state index in [-0.39, 0.29) is 29.5 Å². The Morgan fingerprint density at radius 2 is 2.09 bits per heavy atom. The van der Waals surface area contributed by atoms with Gasteiger partial charge >= 0.3 is 6.09 Å². The number of aryl methyl sites for hydroxylation is 2. The third-order valence-electron chi connectivity index (χ3n) is 6.93. The lowest BCUT2D eigenvalue weighted by Gasteiger charge is -2.33. The first-order valence-electron chi connectivity index (χ1n) is 11.4. The smallest absolute Gasteiger partial charge is 0.412 e. The highest BCUT2D eigenvalue weighted by Gasteiger charge is 2.35. The van der Waals surface area contributed by atoms with E-state index in [9.17, 15) is 18.3 Å². The summed E-state index contributed by atoms with van der Waals surface area (Å²) < 4.78 is 28.6. The van der Waals surface area contributed by atoms with Gasteiger partial charge in [-0.1, -0.05) is 6.92 Å². The van der Waals surface area contributed by atoms with Crippen molar-refractivity contribution in [3.05, 3.63) is 41.5 Å². The largest absolute Gasteiger partial charge is 0.465 e. The average molecular weight is 472 g/mol. The summed E-state index contributed by atoms with van der Waals surface area (Å²) in [5, 5.41) is 14.2. The van der Waals surface area contributed by atoms with Crippen molar-refractivity contribution in [3.63, 3.8) is 0 Å². The number of hydrogen-bond acceptors (Lipinski definition) is 5. The van der Waals surface area contributed by atoms with Gasteiger partial charge in [0, 0.05) is 23.7 Å². The van der Waals surface area contributed by atoms with Gasteiger partial charge in [0.15, 0.2) is 9.84 Å². The highest BCUT2D eigenvalue weighted by Crippen LogP contribution is 2.39. The van der Waals surface area contributed by atoms with Crippen molar-refractivity contribution < 1.29 is 18.3 Å². The quantitative estimate of drug-likeness (QED) is 0.623. The Kier molecular flexibility index (Phi) is 5.23. The molecule has 1 saturated heterocycles. The van der Waals surface area contributed by atoms with E-state index in [0.717, 1.165) is 40.8 Å². The van der Waals surface area contributed by atoms with Crippen molar-refractivity contribution in [1.29, 1.82) is 0 Å². The molecule has 0 bridgehead atoms. The number of fused-ring (bicyclic) bond motifs is 3. The molecule has 3 atom stereocenters. The van der Waals surface area contributed by atoms with Crippen molar-refractivity contribution >= 4 is 32.7 Å². The Labute approximate surface area is 192 Å². The van der Waals surface area contributed by atoms with Crippen LogP contribution in [0.2, 0.25) is 0 Å². The molecule has 1 aromatic carbocycles. The molecule has 2 aliphatic heterocycles. The molecule has 1 fully saturated rings. The second-order valence-electron chi connectivity index (χ2n) is 9.51. The van der Waals surface area contributed by atoms with Crippen LogP contribution >= 0.6 is 0 Å². The molecule has 0 radical (unpaired) electrons. The van der Waals surface area contributed by atoms with Crippen LogP contribution in [0.1, 0.15) is 55.6 Å². The minimum Gasteiger partial charge on any atom is -0.465 e. The van der Waals surface area contributed by atoms with Gasteiger partial charge in [-0.05, 0) is 50.8 Å². The van der Waals surface area contributed by atoms with E-state index < -0.39 is 15.9 Å². The first kappa shape index (κ1) is 21.9. The Balaban J connectivity index is 1.66. The van der Waals surface area contributed by atoms with Crippen LogP contribution in [0.25, 0.3) is 11.0 Å². The van der Waals surface area contributed by atoms with Gasteiger partial charge < -0.3 is 9.67 Å². The molecule has 33 heavy (non-hydrogen) atoms. The third kappa shape index (κ3) is 3.80. The molecule has 5 rings (SSSR count). The van der Waals surface area contributed by atoms with Crippen LogP contribution in [-0.4, -0.2) is 56.5 Å². The molecule has 2 aliphatic rings. The fourth-order valence-corrected chi connectivity index (χ4v) is 7.05. The standard InChI is InChI=1S/C23H29N5O4S/c1-14-10-24-26(11-14)12-15(2)22-25-21-18-5-4-16(3)27(23(29)30)19(18)6-7-20(21)28(22)17-8-9-33(31,32)13-17/h6-7,10-11,15-17H,4-5,8-9,12-13H2,1-3H3,(H,29,30)/t15?,16-,17-/m0/s1. The van der Waals surface area contributed by atoms with Gasteiger partial charge in [-0.25, -0.2) is 18.2 Å². The van der Waals surface area contributed by atoms with Crippen LogP contribution < -0.4 is 4.90 Å². The van der Waals surface area contributed by atoms with Gasteiger partial charge in [-0.3, -0.25) is 9.58 Å². The number of rotatable bonds is 4. The Bertz CT molecular complexity index is 1340. The molecule has 0 saturated carbocycles. The minimum absolute atomic E-state index is 0.00579. The molecule has 1 amide bonds. The molecule has 2 aromatic heterocycles. The Hall–Kier alpha value is -2.88. The van der Waals surface area contributed by atoms with Crippen molar-refractivity contribution in [1.82, 2.24) is 19.3 Å². The number of imidazole rings is 1. The number of nitrogens with zero attached hydrogens (tertiary/aromatic N) is 5. The van der Waals surface area contributed by atoms with E-state index in [1.54, 1.807) is 0 Å². The highest BCUT2D eigenvalue weighted by molar-refractivity contribution is 7.91. The van der Waals surface area contributed by atoms with E-state index in [4.69, 9.17) is 4.98 Å². The lowest BCUT2D eigenvalue weighted by Crippen LogP contribution is -2.41. The van der Waals surface area contributed by atoms with E-state index in [1.165, 1.54) is 4.90 Å². The summed E-state index contributed by atoms with van der Waals surface area (Å²) in [5.41, 5.74) is 4.35.